The molecule has 0 spiro atoms. The number of rotatable bonds is 1. The molecule has 0 atom stereocenters. The molecule has 0 saturated carbocycles. The zero-order valence-electron chi connectivity index (χ0n) is 3.75. The van der Waals surface area contributed by atoms with E-state index in [4.69, 9.17) is 0 Å². The average Bonchev–Trinajstić information content (AvgIpc) is 2.12. The van der Waals surface area contributed by atoms with Crippen LogP contribution in [0.2, 0.25) is 0 Å². The highest BCUT2D eigenvalue weighted by Gasteiger charge is 2.14. The third-order valence-electron chi connectivity index (χ3n) is 0.590. The van der Waals surface area contributed by atoms with Gasteiger partial charge in [-0.05, 0) is 0 Å². The Morgan fingerprint density at radius 1 is 1.88 bits per heavy atom. The summed E-state index contributed by atoms with van der Waals surface area (Å²) in [4.78, 5) is 11.9. The quantitative estimate of drug-likeness (QED) is 0.295. The Bertz CT molecular complexity index is 144. The highest BCUT2D eigenvalue weighted by Crippen LogP contribution is 2.12. The van der Waals surface area contributed by atoms with Gasteiger partial charge in [-0.3, -0.25) is 10.1 Å². The van der Waals surface area contributed by atoms with Crippen molar-refractivity contribution >= 4 is 11.9 Å². The number of nitrogens with one attached hydrogen (secondary N) is 2. The molecule has 0 fully saturated rings. The van der Waals surface area contributed by atoms with Crippen molar-refractivity contribution in [3.8, 4) is 0 Å². The zero-order chi connectivity index (χ0) is 5.98. The summed E-state index contributed by atoms with van der Waals surface area (Å²) < 4.78 is 0. The lowest BCUT2D eigenvalue weighted by atomic mass is 10.9. The molecule has 0 aromatic heterocycles. The lowest BCUT2D eigenvalue weighted by Gasteiger charge is -1.83. The van der Waals surface area contributed by atoms with Gasteiger partial charge in [0.25, 0.3) is 0 Å². The van der Waals surface area contributed by atoms with Gasteiger partial charge in [0.05, 0.1) is 16.9 Å². The number of hydrazine groups is 1. The second-order valence-corrected chi connectivity index (χ2v) is 1.91. The van der Waals surface area contributed by atoms with Gasteiger partial charge in [-0.15, -0.1) is 0 Å². The number of hydrogen-bond donors (Lipinski definition) is 2. The third-order valence-corrected chi connectivity index (χ3v) is 1.29. The smallest absolute Gasteiger partial charge is 0.311 e. The molecule has 0 aromatic rings. The Morgan fingerprint density at radius 2 is 2.62 bits per heavy atom. The van der Waals surface area contributed by atoms with Crippen LogP contribution in [0.4, 0.5) is 0 Å². The van der Waals surface area contributed by atoms with E-state index in [-0.39, 0.29) is 5.03 Å². The molecule has 0 saturated heterocycles. The van der Waals surface area contributed by atoms with Gasteiger partial charge in [0.2, 0.25) is 0 Å². The van der Waals surface area contributed by atoms with Crippen LogP contribution >= 0.6 is 11.9 Å². The molecular formula is C2H3N3O2S. The van der Waals surface area contributed by atoms with Crippen molar-refractivity contribution in [2.24, 2.45) is 0 Å². The number of nitrogens with zero attached hydrogens (tertiary/aromatic N) is 1. The molecule has 6 heteroatoms. The van der Waals surface area contributed by atoms with Crippen molar-refractivity contribution in [2.75, 3.05) is 0 Å². The van der Waals surface area contributed by atoms with Crippen LogP contribution in [0.5, 0.6) is 0 Å². The van der Waals surface area contributed by atoms with Crippen molar-refractivity contribution in [1.82, 2.24) is 10.3 Å². The maximum atomic E-state index is 9.84. The molecule has 44 valence electrons. The molecule has 0 unspecified atom stereocenters. The van der Waals surface area contributed by atoms with E-state index in [9.17, 15) is 10.1 Å². The van der Waals surface area contributed by atoms with Gasteiger partial charge in [-0.25, -0.2) is 0 Å². The van der Waals surface area contributed by atoms with E-state index >= 15 is 0 Å². The molecule has 1 rings (SSSR count). The van der Waals surface area contributed by atoms with Crippen molar-refractivity contribution < 1.29 is 4.92 Å². The minimum Gasteiger partial charge on any atom is -0.311 e. The molecular weight excluding hydrogens is 130 g/mol. The van der Waals surface area contributed by atoms with Gasteiger partial charge >= 0.3 is 5.03 Å². The fourth-order valence-electron chi connectivity index (χ4n) is 0.292. The van der Waals surface area contributed by atoms with Crippen molar-refractivity contribution in [3.63, 3.8) is 0 Å². The van der Waals surface area contributed by atoms with Gasteiger partial charge < -0.3 is 5.43 Å². The predicted molar refractivity (Wildman–Crippen MR) is 28.9 cm³/mol. The fraction of sp³-hybridized carbons (Fsp3) is 0. The van der Waals surface area contributed by atoms with Gasteiger partial charge in [0, 0.05) is 0 Å². The van der Waals surface area contributed by atoms with E-state index in [0.717, 1.165) is 11.9 Å². The van der Waals surface area contributed by atoms with E-state index in [2.05, 4.69) is 10.3 Å². The summed E-state index contributed by atoms with van der Waals surface area (Å²) in [6, 6.07) is 0. The first-order chi connectivity index (χ1) is 3.80. The number of nitro groups is 1. The fourth-order valence-corrected chi connectivity index (χ4v) is 0.707. The zero-order valence-corrected chi connectivity index (χ0v) is 4.57. The molecule has 0 aliphatic carbocycles. The Labute approximate surface area is 49.4 Å². The Hall–Kier alpha value is -0.750. The maximum absolute atomic E-state index is 9.84. The molecule has 0 radical (unpaired) electrons. The molecule has 0 aromatic carbocycles. The summed E-state index contributed by atoms with van der Waals surface area (Å²) in [6.07, 6.45) is 1.30. The maximum Gasteiger partial charge on any atom is 0.336 e. The van der Waals surface area contributed by atoms with Gasteiger partial charge in [0.1, 0.15) is 6.20 Å². The van der Waals surface area contributed by atoms with E-state index in [1.165, 1.54) is 6.20 Å². The molecule has 0 amide bonds. The SMILES string of the molecule is O=[N+]([O-])C1=CNNS1. The number of hydrogen-bond acceptors (Lipinski definition) is 5. The topological polar surface area (TPSA) is 67.2 Å². The van der Waals surface area contributed by atoms with Gasteiger partial charge in [-0.2, -0.15) is 4.83 Å². The van der Waals surface area contributed by atoms with E-state index < -0.39 is 4.92 Å². The van der Waals surface area contributed by atoms with Crippen molar-refractivity contribution in [2.45, 2.75) is 0 Å². The second-order valence-electron chi connectivity index (χ2n) is 1.09. The third kappa shape index (κ3) is 0.903. The van der Waals surface area contributed by atoms with E-state index in [0.29, 0.717) is 0 Å². The minimum absolute atomic E-state index is 0.0880. The average molecular weight is 133 g/mol. The van der Waals surface area contributed by atoms with E-state index in [1.54, 1.807) is 0 Å². The van der Waals surface area contributed by atoms with Crippen LogP contribution in [0.15, 0.2) is 11.2 Å². The molecule has 8 heavy (non-hydrogen) atoms. The molecule has 1 heterocycles. The second kappa shape index (κ2) is 2.01. The lowest BCUT2D eigenvalue weighted by Crippen LogP contribution is -2.11. The van der Waals surface area contributed by atoms with Gasteiger partial charge in [0.15, 0.2) is 0 Å². The minimum atomic E-state index is -0.461. The summed E-state index contributed by atoms with van der Waals surface area (Å²) in [6.45, 7) is 0. The summed E-state index contributed by atoms with van der Waals surface area (Å²) in [5.74, 6) is 0. The highest BCUT2D eigenvalue weighted by atomic mass is 32.2. The van der Waals surface area contributed by atoms with Crippen LogP contribution < -0.4 is 10.3 Å². The van der Waals surface area contributed by atoms with Crippen LogP contribution in [0.25, 0.3) is 0 Å². The van der Waals surface area contributed by atoms with Crippen LogP contribution in [0, 0.1) is 10.1 Å². The van der Waals surface area contributed by atoms with E-state index in [1.807, 2.05) is 0 Å². The van der Waals surface area contributed by atoms with Crippen LogP contribution in [0.3, 0.4) is 0 Å². The Kier molecular flexibility index (Phi) is 1.36. The first-order valence-corrected chi connectivity index (χ1v) is 2.64. The molecule has 0 bridgehead atoms. The summed E-state index contributed by atoms with van der Waals surface area (Å²) in [5.41, 5.74) is 2.46. The standard InChI is InChI=1S/C2H3N3O2S/c6-5(7)2-1-3-4-8-2/h1,3-4H. The highest BCUT2D eigenvalue weighted by molar-refractivity contribution is 8.01. The molecule has 1 aliphatic heterocycles. The monoisotopic (exact) mass is 133 g/mol. The van der Waals surface area contributed by atoms with Gasteiger partial charge in [-0.1, -0.05) is 0 Å². The molecule has 2 N–H and O–H groups in total. The van der Waals surface area contributed by atoms with Crippen LogP contribution in [-0.4, -0.2) is 4.92 Å². The Morgan fingerprint density at radius 3 is 2.88 bits per heavy atom. The molecule has 5 nitrogen and oxygen atoms in total. The van der Waals surface area contributed by atoms with Crippen LogP contribution in [-0.2, 0) is 0 Å². The first-order valence-electron chi connectivity index (χ1n) is 1.82. The lowest BCUT2D eigenvalue weighted by molar-refractivity contribution is -0.410. The molecule has 1 aliphatic rings. The largest absolute Gasteiger partial charge is 0.336 e. The Balaban J connectivity index is 2.57. The first kappa shape index (κ1) is 5.39. The summed E-state index contributed by atoms with van der Waals surface area (Å²) in [7, 11) is 0. The summed E-state index contributed by atoms with van der Waals surface area (Å²) >= 11 is 0.951. The predicted octanol–water partition coefficient (Wildman–Crippen LogP) is -0.182. The normalized spacial score (nSPS) is 17.2. The summed E-state index contributed by atoms with van der Waals surface area (Å²) in [5, 5.41) is 9.93. The van der Waals surface area contributed by atoms with Crippen molar-refractivity contribution in [1.29, 1.82) is 0 Å². The van der Waals surface area contributed by atoms with Crippen molar-refractivity contribution in [3.05, 3.63) is 21.3 Å². The van der Waals surface area contributed by atoms with Crippen LogP contribution in [0.1, 0.15) is 0 Å².